The molecule has 20 heavy (non-hydrogen) atoms. The van der Waals surface area contributed by atoms with Gasteiger partial charge in [-0.2, -0.15) is 0 Å². The van der Waals surface area contributed by atoms with Gasteiger partial charge in [-0.15, -0.1) is 0 Å². The molecule has 4 heteroatoms. The van der Waals surface area contributed by atoms with Crippen LogP contribution in [0.3, 0.4) is 0 Å². The highest BCUT2D eigenvalue weighted by Gasteiger charge is 2.01. The second kappa shape index (κ2) is 15.5. The van der Waals surface area contributed by atoms with Crippen LogP contribution in [0.15, 0.2) is 24.8 Å². The molecule has 4 nitrogen and oxygen atoms in total. The predicted octanol–water partition coefficient (Wildman–Crippen LogP) is 3.81. The highest BCUT2D eigenvalue weighted by atomic mass is 16.5. The Kier molecular flexibility index (Phi) is 16.0. The quantitative estimate of drug-likeness (QED) is 0.367. The number of ether oxygens (including phenoxy) is 2. The van der Waals surface area contributed by atoms with E-state index in [1.807, 2.05) is 0 Å². The first-order valence-corrected chi connectivity index (χ1v) is 7.02. The van der Waals surface area contributed by atoms with Crippen molar-refractivity contribution in [2.75, 3.05) is 13.7 Å². The molecule has 0 atom stereocenters. The molecule has 0 radical (unpaired) electrons. The molecule has 0 unspecified atom stereocenters. The van der Waals surface area contributed by atoms with E-state index in [0.29, 0.717) is 12.2 Å². The second-order valence-electron chi connectivity index (χ2n) is 4.41. The molecule has 0 bridgehead atoms. The summed E-state index contributed by atoms with van der Waals surface area (Å²) in [6.45, 7) is 11.1. The third-order valence-electron chi connectivity index (χ3n) is 2.45. The van der Waals surface area contributed by atoms with Crippen molar-refractivity contribution >= 4 is 11.9 Å². The zero-order valence-corrected chi connectivity index (χ0v) is 13.1. The van der Waals surface area contributed by atoms with Gasteiger partial charge < -0.3 is 9.47 Å². The second-order valence-corrected chi connectivity index (χ2v) is 4.41. The van der Waals surface area contributed by atoms with E-state index in [2.05, 4.69) is 24.8 Å². The lowest BCUT2D eigenvalue weighted by atomic mass is 10.1. The molecule has 0 spiro atoms. The van der Waals surface area contributed by atoms with Crippen LogP contribution in [0.25, 0.3) is 0 Å². The van der Waals surface area contributed by atoms with Gasteiger partial charge in [0.25, 0.3) is 0 Å². The van der Waals surface area contributed by atoms with Crippen LogP contribution < -0.4 is 0 Å². The van der Waals surface area contributed by atoms with E-state index in [1.54, 1.807) is 6.92 Å². The Morgan fingerprint density at radius 3 is 2.05 bits per heavy atom. The summed E-state index contributed by atoms with van der Waals surface area (Å²) in [6.07, 6.45) is 8.37. The molecule has 0 aliphatic heterocycles. The predicted molar refractivity (Wildman–Crippen MR) is 81.4 cm³/mol. The SMILES string of the molecule is C=C(C)C(=O)OCCCCCCCC.C=CC(=O)OC. The van der Waals surface area contributed by atoms with Crippen molar-refractivity contribution in [2.45, 2.75) is 52.4 Å². The molecule has 0 aliphatic carbocycles. The van der Waals surface area contributed by atoms with Gasteiger partial charge in [-0.25, -0.2) is 9.59 Å². The maximum Gasteiger partial charge on any atom is 0.333 e. The Bertz CT molecular complexity index is 295. The van der Waals surface area contributed by atoms with Gasteiger partial charge in [-0.3, -0.25) is 0 Å². The topological polar surface area (TPSA) is 52.6 Å². The van der Waals surface area contributed by atoms with E-state index < -0.39 is 5.97 Å². The Hall–Kier alpha value is -1.58. The smallest absolute Gasteiger partial charge is 0.333 e. The van der Waals surface area contributed by atoms with E-state index in [-0.39, 0.29) is 5.97 Å². The Morgan fingerprint density at radius 2 is 1.65 bits per heavy atom. The van der Waals surface area contributed by atoms with Gasteiger partial charge in [0.15, 0.2) is 0 Å². The minimum Gasteiger partial charge on any atom is -0.466 e. The first-order chi connectivity index (χ1) is 9.49. The number of hydrogen-bond acceptors (Lipinski definition) is 4. The van der Waals surface area contributed by atoms with Crippen LogP contribution >= 0.6 is 0 Å². The van der Waals surface area contributed by atoms with E-state index in [9.17, 15) is 9.59 Å². The highest BCUT2D eigenvalue weighted by molar-refractivity contribution is 5.86. The van der Waals surface area contributed by atoms with Crippen LogP contribution in [0.4, 0.5) is 0 Å². The van der Waals surface area contributed by atoms with Crippen molar-refractivity contribution in [3.05, 3.63) is 24.8 Å². The minimum absolute atomic E-state index is 0.265. The van der Waals surface area contributed by atoms with Gasteiger partial charge in [0.05, 0.1) is 13.7 Å². The van der Waals surface area contributed by atoms with Crippen molar-refractivity contribution in [3.63, 3.8) is 0 Å². The van der Waals surface area contributed by atoms with Crippen molar-refractivity contribution in [3.8, 4) is 0 Å². The number of esters is 2. The summed E-state index contributed by atoms with van der Waals surface area (Å²) in [5.41, 5.74) is 0.482. The van der Waals surface area contributed by atoms with Crippen molar-refractivity contribution < 1.29 is 19.1 Å². The van der Waals surface area contributed by atoms with Crippen LogP contribution in [-0.2, 0) is 19.1 Å². The lowest BCUT2D eigenvalue weighted by Gasteiger charge is -2.03. The molecule has 0 amide bonds. The molecule has 0 rings (SSSR count). The monoisotopic (exact) mass is 284 g/mol. The summed E-state index contributed by atoms with van der Waals surface area (Å²) in [6, 6.07) is 0. The van der Waals surface area contributed by atoms with Crippen LogP contribution in [0, 0.1) is 0 Å². The molecule has 0 fully saturated rings. The molecule has 0 saturated carbocycles. The van der Waals surface area contributed by atoms with Crippen molar-refractivity contribution in [1.82, 2.24) is 0 Å². The molecule has 0 aromatic carbocycles. The summed E-state index contributed by atoms with van der Waals surface area (Å²) >= 11 is 0. The van der Waals surface area contributed by atoms with Crippen LogP contribution in [0.1, 0.15) is 52.4 Å². The lowest BCUT2D eigenvalue weighted by Crippen LogP contribution is -2.05. The number of hydrogen-bond donors (Lipinski definition) is 0. The molecule has 0 heterocycles. The van der Waals surface area contributed by atoms with Gasteiger partial charge in [0, 0.05) is 11.6 Å². The zero-order chi connectivity index (χ0) is 15.8. The van der Waals surface area contributed by atoms with Crippen LogP contribution in [0.2, 0.25) is 0 Å². The van der Waals surface area contributed by atoms with Gasteiger partial charge in [-0.1, -0.05) is 52.2 Å². The van der Waals surface area contributed by atoms with Gasteiger partial charge in [0.2, 0.25) is 0 Å². The maximum absolute atomic E-state index is 11.0. The Balaban J connectivity index is 0. The van der Waals surface area contributed by atoms with Crippen molar-refractivity contribution in [1.29, 1.82) is 0 Å². The largest absolute Gasteiger partial charge is 0.466 e. The molecule has 0 aromatic rings. The first-order valence-electron chi connectivity index (χ1n) is 7.02. The normalized spacial score (nSPS) is 8.95. The van der Waals surface area contributed by atoms with Crippen LogP contribution in [-0.4, -0.2) is 25.7 Å². The van der Waals surface area contributed by atoms with E-state index in [0.717, 1.165) is 18.9 Å². The molecule has 0 N–H and O–H groups in total. The van der Waals surface area contributed by atoms with Crippen molar-refractivity contribution in [2.24, 2.45) is 0 Å². The average molecular weight is 284 g/mol. The molecule has 0 aromatic heterocycles. The number of rotatable bonds is 9. The van der Waals surface area contributed by atoms with E-state index in [4.69, 9.17) is 4.74 Å². The zero-order valence-electron chi connectivity index (χ0n) is 13.1. The lowest BCUT2D eigenvalue weighted by molar-refractivity contribution is -0.139. The van der Waals surface area contributed by atoms with Gasteiger partial charge in [0.1, 0.15) is 0 Å². The standard InChI is InChI=1S/C12H22O2.C4H6O2/c1-4-5-6-7-8-9-10-14-12(13)11(2)3;1-3-4(5)6-2/h2,4-10H2,1,3H3;3H,1H2,2H3. The van der Waals surface area contributed by atoms with Gasteiger partial charge >= 0.3 is 11.9 Å². The third kappa shape index (κ3) is 16.4. The minimum atomic E-state index is -0.394. The summed E-state index contributed by atoms with van der Waals surface area (Å²) in [5.74, 6) is -0.659. The number of unbranched alkanes of at least 4 members (excludes halogenated alkanes) is 5. The molecular formula is C16H28O4. The molecule has 116 valence electrons. The Morgan fingerprint density at radius 1 is 1.10 bits per heavy atom. The fourth-order valence-electron chi connectivity index (χ4n) is 1.25. The maximum atomic E-state index is 11.0. The molecule has 0 aliphatic rings. The fourth-order valence-corrected chi connectivity index (χ4v) is 1.25. The average Bonchev–Trinajstić information content (AvgIpc) is 2.45. The van der Waals surface area contributed by atoms with E-state index >= 15 is 0 Å². The Labute approximate surface area is 122 Å². The third-order valence-corrected chi connectivity index (χ3v) is 2.45. The van der Waals surface area contributed by atoms with E-state index in [1.165, 1.54) is 32.8 Å². The van der Waals surface area contributed by atoms with Gasteiger partial charge in [-0.05, 0) is 13.3 Å². The summed E-state index contributed by atoms with van der Waals surface area (Å²) in [7, 11) is 1.31. The molecule has 0 saturated heterocycles. The van der Waals surface area contributed by atoms with Crippen LogP contribution in [0.5, 0.6) is 0 Å². The first kappa shape index (κ1) is 20.7. The summed E-state index contributed by atoms with van der Waals surface area (Å²) in [5, 5.41) is 0. The number of carbonyl (C=O) groups excluding carboxylic acids is 2. The summed E-state index contributed by atoms with van der Waals surface area (Å²) in [4.78, 5) is 20.8. The number of carbonyl (C=O) groups is 2. The number of methoxy groups -OCH3 is 1. The highest BCUT2D eigenvalue weighted by Crippen LogP contribution is 2.05. The summed E-state index contributed by atoms with van der Waals surface area (Å²) < 4.78 is 9.11. The fraction of sp³-hybridized carbons (Fsp3) is 0.625. The molecular weight excluding hydrogens is 256 g/mol.